The van der Waals surface area contributed by atoms with Crippen LogP contribution in [0.25, 0.3) is 0 Å². The number of hydrogen-bond donors (Lipinski definition) is 2. The summed E-state index contributed by atoms with van der Waals surface area (Å²) in [4.78, 5) is 0. The van der Waals surface area contributed by atoms with Gasteiger partial charge >= 0.3 is 0 Å². The first-order valence-electron chi connectivity index (χ1n) is 4.97. The lowest BCUT2D eigenvalue weighted by molar-refractivity contribution is 0.514. The van der Waals surface area contributed by atoms with E-state index in [1.165, 1.54) is 5.57 Å². The molecule has 1 aliphatic carbocycles. The fraction of sp³-hybridized carbons (Fsp3) is 0.455. The maximum absolute atomic E-state index is 3.56. The molecule has 0 spiro atoms. The number of fused-ring (bicyclic) bond motifs is 2. The van der Waals surface area contributed by atoms with E-state index in [1.54, 1.807) is 5.57 Å². The summed E-state index contributed by atoms with van der Waals surface area (Å²) in [5.41, 5.74) is 3.13. The van der Waals surface area contributed by atoms with Crippen molar-refractivity contribution >= 4 is 0 Å². The van der Waals surface area contributed by atoms with Gasteiger partial charge in [0.2, 0.25) is 0 Å². The molecule has 2 atom stereocenters. The van der Waals surface area contributed by atoms with Crippen LogP contribution in [-0.4, -0.2) is 25.7 Å². The van der Waals surface area contributed by atoms with Crippen LogP contribution in [0.3, 0.4) is 0 Å². The van der Waals surface area contributed by atoms with Crippen LogP contribution >= 0.6 is 0 Å². The highest BCUT2D eigenvalue weighted by Gasteiger charge is 2.30. The van der Waals surface area contributed by atoms with E-state index in [4.69, 9.17) is 0 Å². The molecular formula is C11H14N2. The standard InChI is InChI=1S/C11H14N2/c1-2-4-11-9(3-1)10-7-12-5-8(10)6-13-11/h1-4,8,11-13H,5-7H2. The van der Waals surface area contributed by atoms with E-state index in [9.17, 15) is 0 Å². The van der Waals surface area contributed by atoms with E-state index in [-0.39, 0.29) is 0 Å². The SMILES string of the molecule is C1=CC2=C3CNCC3CNC2C=C1. The molecule has 0 aromatic rings. The normalized spacial score (nSPS) is 36.3. The highest BCUT2D eigenvalue weighted by molar-refractivity contribution is 5.44. The summed E-state index contributed by atoms with van der Waals surface area (Å²) in [5.74, 6) is 0.738. The van der Waals surface area contributed by atoms with E-state index in [0.29, 0.717) is 6.04 Å². The lowest BCUT2D eigenvalue weighted by Gasteiger charge is -2.29. The second kappa shape index (κ2) is 2.82. The molecule has 0 bridgehead atoms. The lowest BCUT2D eigenvalue weighted by atomic mass is 9.87. The third-order valence-electron chi connectivity index (χ3n) is 3.18. The fourth-order valence-corrected chi connectivity index (χ4v) is 2.48. The third kappa shape index (κ3) is 1.10. The zero-order valence-corrected chi connectivity index (χ0v) is 7.59. The first-order chi connectivity index (χ1) is 6.45. The molecule has 0 saturated carbocycles. The van der Waals surface area contributed by atoms with Crippen LogP contribution < -0.4 is 10.6 Å². The van der Waals surface area contributed by atoms with Gasteiger partial charge < -0.3 is 10.6 Å². The first-order valence-corrected chi connectivity index (χ1v) is 4.97. The van der Waals surface area contributed by atoms with Crippen LogP contribution in [0.5, 0.6) is 0 Å². The highest BCUT2D eigenvalue weighted by Crippen LogP contribution is 2.28. The quantitative estimate of drug-likeness (QED) is 0.562. The van der Waals surface area contributed by atoms with Crippen molar-refractivity contribution in [3.8, 4) is 0 Å². The summed E-state index contributed by atoms with van der Waals surface area (Å²) in [5, 5.41) is 7.00. The molecule has 3 rings (SSSR count). The number of rotatable bonds is 0. The molecule has 2 heterocycles. The number of hydrogen-bond acceptors (Lipinski definition) is 2. The van der Waals surface area contributed by atoms with Gasteiger partial charge in [0.25, 0.3) is 0 Å². The second-order valence-corrected chi connectivity index (χ2v) is 3.94. The van der Waals surface area contributed by atoms with E-state index in [0.717, 1.165) is 25.6 Å². The van der Waals surface area contributed by atoms with Gasteiger partial charge in [-0.2, -0.15) is 0 Å². The molecule has 2 aliphatic heterocycles. The van der Waals surface area contributed by atoms with Crippen molar-refractivity contribution < 1.29 is 0 Å². The Bertz CT molecular complexity index is 312. The molecule has 2 nitrogen and oxygen atoms in total. The predicted octanol–water partition coefficient (Wildman–Crippen LogP) is 0.600. The van der Waals surface area contributed by atoms with Crippen molar-refractivity contribution in [2.45, 2.75) is 6.04 Å². The van der Waals surface area contributed by atoms with E-state index in [2.05, 4.69) is 34.9 Å². The Morgan fingerprint density at radius 2 is 2.23 bits per heavy atom. The molecule has 0 aromatic carbocycles. The second-order valence-electron chi connectivity index (χ2n) is 3.94. The minimum atomic E-state index is 0.483. The zero-order valence-electron chi connectivity index (χ0n) is 7.59. The molecule has 68 valence electrons. The number of nitrogens with one attached hydrogen (secondary N) is 2. The van der Waals surface area contributed by atoms with Crippen LogP contribution in [-0.2, 0) is 0 Å². The lowest BCUT2D eigenvalue weighted by Crippen LogP contribution is -2.40. The molecule has 0 amide bonds. The molecule has 2 unspecified atom stereocenters. The summed E-state index contributed by atoms with van der Waals surface area (Å²) in [6.07, 6.45) is 8.77. The minimum Gasteiger partial charge on any atom is -0.312 e. The summed E-state index contributed by atoms with van der Waals surface area (Å²) >= 11 is 0. The Balaban J connectivity index is 2.05. The van der Waals surface area contributed by atoms with Gasteiger partial charge in [0.05, 0.1) is 6.04 Å². The van der Waals surface area contributed by atoms with Gasteiger partial charge in [-0.1, -0.05) is 24.3 Å². The van der Waals surface area contributed by atoms with Crippen LogP contribution in [0.1, 0.15) is 0 Å². The average Bonchev–Trinajstić information content (AvgIpc) is 2.65. The van der Waals surface area contributed by atoms with E-state index in [1.807, 2.05) is 0 Å². The smallest absolute Gasteiger partial charge is 0.0509 e. The van der Waals surface area contributed by atoms with Crippen LogP contribution in [0, 0.1) is 5.92 Å². The monoisotopic (exact) mass is 174 g/mol. The van der Waals surface area contributed by atoms with Gasteiger partial charge in [-0.3, -0.25) is 0 Å². The average molecular weight is 174 g/mol. The van der Waals surface area contributed by atoms with Crippen molar-refractivity contribution in [3.05, 3.63) is 35.5 Å². The first kappa shape index (κ1) is 7.54. The topological polar surface area (TPSA) is 24.1 Å². The maximum atomic E-state index is 3.56. The van der Waals surface area contributed by atoms with Gasteiger partial charge in [-0.15, -0.1) is 0 Å². The van der Waals surface area contributed by atoms with Crippen molar-refractivity contribution in [2.24, 2.45) is 5.92 Å². The van der Waals surface area contributed by atoms with Crippen LogP contribution in [0.2, 0.25) is 0 Å². The maximum Gasteiger partial charge on any atom is 0.0509 e. The Kier molecular flexibility index (Phi) is 1.64. The van der Waals surface area contributed by atoms with Crippen LogP contribution in [0.4, 0.5) is 0 Å². The molecule has 3 aliphatic rings. The Hall–Kier alpha value is -0.860. The zero-order chi connectivity index (χ0) is 8.67. The highest BCUT2D eigenvalue weighted by atomic mass is 15.0. The molecule has 0 radical (unpaired) electrons. The van der Waals surface area contributed by atoms with Gasteiger partial charge in [0.15, 0.2) is 0 Å². The van der Waals surface area contributed by atoms with Crippen molar-refractivity contribution in [1.82, 2.24) is 10.6 Å². The molecule has 2 heteroatoms. The van der Waals surface area contributed by atoms with E-state index < -0.39 is 0 Å². The molecule has 1 fully saturated rings. The van der Waals surface area contributed by atoms with Gasteiger partial charge in [0.1, 0.15) is 0 Å². The molecular weight excluding hydrogens is 160 g/mol. The van der Waals surface area contributed by atoms with Gasteiger partial charge in [0, 0.05) is 25.6 Å². The predicted molar refractivity (Wildman–Crippen MR) is 53.5 cm³/mol. The molecule has 0 aromatic heterocycles. The molecule has 13 heavy (non-hydrogen) atoms. The number of allylic oxidation sites excluding steroid dienone is 2. The summed E-state index contributed by atoms with van der Waals surface area (Å²) in [6.45, 7) is 3.38. The van der Waals surface area contributed by atoms with Crippen LogP contribution in [0.15, 0.2) is 35.5 Å². The summed E-state index contributed by atoms with van der Waals surface area (Å²) in [7, 11) is 0. The molecule has 2 N–H and O–H groups in total. The Morgan fingerprint density at radius 3 is 3.23 bits per heavy atom. The van der Waals surface area contributed by atoms with Gasteiger partial charge in [-0.05, 0) is 11.1 Å². The van der Waals surface area contributed by atoms with Gasteiger partial charge in [-0.25, -0.2) is 0 Å². The Labute approximate surface area is 78.4 Å². The van der Waals surface area contributed by atoms with Crippen molar-refractivity contribution in [2.75, 3.05) is 19.6 Å². The van der Waals surface area contributed by atoms with Crippen molar-refractivity contribution in [1.29, 1.82) is 0 Å². The summed E-state index contributed by atoms with van der Waals surface area (Å²) < 4.78 is 0. The largest absolute Gasteiger partial charge is 0.312 e. The molecule has 1 saturated heterocycles. The minimum absolute atomic E-state index is 0.483. The van der Waals surface area contributed by atoms with Crippen molar-refractivity contribution in [3.63, 3.8) is 0 Å². The summed E-state index contributed by atoms with van der Waals surface area (Å²) in [6, 6.07) is 0.483. The fourth-order valence-electron chi connectivity index (χ4n) is 2.48. The van der Waals surface area contributed by atoms with E-state index >= 15 is 0 Å². The third-order valence-corrected chi connectivity index (χ3v) is 3.18. The Morgan fingerprint density at radius 1 is 1.23 bits per heavy atom.